The van der Waals surface area contributed by atoms with Crippen molar-refractivity contribution in [3.63, 3.8) is 0 Å². The van der Waals surface area contributed by atoms with Crippen LogP contribution >= 0.6 is 16.5 Å². The summed E-state index contributed by atoms with van der Waals surface area (Å²) in [5, 5.41) is 0. The first-order valence-corrected chi connectivity index (χ1v) is 5.51. The predicted molar refractivity (Wildman–Crippen MR) is 45.5 cm³/mol. The second-order valence-corrected chi connectivity index (χ2v) is 4.38. The molecule has 0 saturated carbocycles. The standard InChI is InChI=1S/C5H12O6P2/c1-5(2,10-12(6)8-3)11-13(7)9-4/h1-4H3/q+2. The lowest BCUT2D eigenvalue weighted by Gasteiger charge is -2.07. The van der Waals surface area contributed by atoms with E-state index in [-0.39, 0.29) is 0 Å². The summed E-state index contributed by atoms with van der Waals surface area (Å²) in [6.45, 7) is 2.90. The van der Waals surface area contributed by atoms with Crippen molar-refractivity contribution >= 4 is 16.5 Å². The average molecular weight is 230 g/mol. The van der Waals surface area contributed by atoms with Gasteiger partial charge in [0, 0.05) is 9.13 Å². The second kappa shape index (κ2) is 5.70. The third-order valence-corrected chi connectivity index (χ3v) is 2.66. The molecule has 0 radical (unpaired) electrons. The van der Waals surface area contributed by atoms with E-state index in [0.29, 0.717) is 0 Å². The van der Waals surface area contributed by atoms with Crippen molar-refractivity contribution in [1.29, 1.82) is 0 Å². The first-order valence-electron chi connectivity index (χ1n) is 3.32. The molecule has 0 fully saturated rings. The quantitative estimate of drug-likeness (QED) is 0.515. The van der Waals surface area contributed by atoms with E-state index in [1.807, 2.05) is 0 Å². The molecule has 0 N–H and O–H groups in total. The lowest BCUT2D eigenvalue weighted by Crippen LogP contribution is -2.22. The summed E-state index contributed by atoms with van der Waals surface area (Å²) in [4.78, 5) is 0. The smallest absolute Gasteiger partial charge is 0.122 e. The van der Waals surface area contributed by atoms with Crippen LogP contribution in [0.4, 0.5) is 0 Å². The molecule has 2 unspecified atom stereocenters. The first-order chi connectivity index (χ1) is 5.91. The molecule has 0 spiro atoms. The van der Waals surface area contributed by atoms with E-state index in [4.69, 9.17) is 9.05 Å². The Kier molecular flexibility index (Phi) is 5.72. The van der Waals surface area contributed by atoms with Crippen molar-refractivity contribution in [3.8, 4) is 0 Å². The summed E-state index contributed by atoms with van der Waals surface area (Å²) in [5.41, 5.74) is 0. The van der Waals surface area contributed by atoms with Crippen molar-refractivity contribution in [2.75, 3.05) is 14.2 Å². The minimum absolute atomic E-state index is 1.23. The number of hydrogen-bond acceptors (Lipinski definition) is 6. The fourth-order valence-electron chi connectivity index (χ4n) is 0.450. The van der Waals surface area contributed by atoms with Gasteiger partial charge < -0.3 is 0 Å². The average Bonchev–Trinajstić information content (AvgIpc) is 2.02. The molecule has 13 heavy (non-hydrogen) atoms. The second-order valence-electron chi connectivity index (χ2n) is 2.39. The van der Waals surface area contributed by atoms with E-state index < -0.39 is 22.3 Å². The highest BCUT2D eigenvalue weighted by Gasteiger charge is 2.42. The molecule has 0 saturated heterocycles. The molecule has 76 valence electrons. The zero-order chi connectivity index (χ0) is 10.5. The van der Waals surface area contributed by atoms with Gasteiger partial charge in [0.25, 0.3) is 5.79 Å². The maximum atomic E-state index is 10.8. The Bertz CT molecular complexity index is 183. The Hall–Kier alpha value is 0.0400. The Morgan fingerprint density at radius 1 is 0.923 bits per heavy atom. The van der Waals surface area contributed by atoms with Crippen LogP contribution in [0.3, 0.4) is 0 Å². The zero-order valence-electron chi connectivity index (χ0n) is 7.84. The van der Waals surface area contributed by atoms with Gasteiger partial charge in [0.2, 0.25) is 0 Å². The van der Waals surface area contributed by atoms with Crippen LogP contribution in [0.2, 0.25) is 0 Å². The summed E-state index contributed by atoms with van der Waals surface area (Å²) >= 11 is 0. The van der Waals surface area contributed by atoms with E-state index in [2.05, 4.69) is 9.05 Å². The molecule has 0 bridgehead atoms. The molecule has 8 heteroatoms. The molecular formula is C5H12O6P2+2. The molecule has 0 aliphatic heterocycles. The number of rotatable bonds is 6. The Balaban J connectivity index is 4.07. The maximum absolute atomic E-state index is 10.8. The third-order valence-electron chi connectivity index (χ3n) is 0.887. The SMILES string of the molecule is CO[P+](=O)OC(C)(C)O[P+](=O)OC. The van der Waals surface area contributed by atoms with Gasteiger partial charge in [-0.05, 0) is 13.8 Å². The van der Waals surface area contributed by atoms with Crippen molar-refractivity contribution in [2.45, 2.75) is 19.6 Å². The van der Waals surface area contributed by atoms with Gasteiger partial charge in [0.15, 0.2) is 0 Å². The molecule has 0 rings (SSSR count). The zero-order valence-corrected chi connectivity index (χ0v) is 9.63. The first kappa shape index (κ1) is 13.0. The van der Waals surface area contributed by atoms with Crippen LogP contribution < -0.4 is 0 Å². The van der Waals surface area contributed by atoms with Gasteiger partial charge in [0.1, 0.15) is 0 Å². The highest BCUT2D eigenvalue weighted by Crippen LogP contribution is 2.37. The minimum atomic E-state index is -2.26. The minimum Gasteiger partial charge on any atom is -0.122 e. The lowest BCUT2D eigenvalue weighted by molar-refractivity contribution is -0.0850. The van der Waals surface area contributed by atoms with Crippen molar-refractivity contribution in [1.82, 2.24) is 0 Å². The van der Waals surface area contributed by atoms with Gasteiger partial charge in [-0.2, -0.15) is 0 Å². The van der Waals surface area contributed by atoms with Crippen LogP contribution in [0.25, 0.3) is 0 Å². The summed E-state index contributed by atoms with van der Waals surface area (Å²) in [7, 11) is -2.07. The monoisotopic (exact) mass is 230 g/mol. The fraction of sp³-hybridized carbons (Fsp3) is 1.00. The van der Waals surface area contributed by atoms with Gasteiger partial charge >= 0.3 is 16.5 Å². The van der Waals surface area contributed by atoms with Crippen LogP contribution in [0.15, 0.2) is 0 Å². The van der Waals surface area contributed by atoms with Gasteiger partial charge in [-0.15, -0.1) is 9.05 Å². The fourth-order valence-corrected chi connectivity index (χ4v) is 1.45. The van der Waals surface area contributed by atoms with E-state index in [0.717, 1.165) is 0 Å². The van der Waals surface area contributed by atoms with E-state index in [1.54, 1.807) is 0 Å². The van der Waals surface area contributed by atoms with Gasteiger partial charge in [0.05, 0.1) is 14.2 Å². The lowest BCUT2D eigenvalue weighted by atomic mass is 10.4. The molecule has 0 heterocycles. The van der Waals surface area contributed by atoms with Crippen molar-refractivity contribution in [3.05, 3.63) is 0 Å². The molecule has 6 nitrogen and oxygen atoms in total. The van der Waals surface area contributed by atoms with Crippen LogP contribution in [0.5, 0.6) is 0 Å². The van der Waals surface area contributed by atoms with Gasteiger partial charge in [-0.3, -0.25) is 0 Å². The number of hydrogen-bond donors (Lipinski definition) is 0. The van der Waals surface area contributed by atoms with Crippen LogP contribution in [0.1, 0.15) is 13.8 Å². The predicted octanol–water partition coefficient (Wildman–Crippen LogP) is 2.36. The van der Waals surface area contributed by atoms with Gasteiger partial charge in [-0.25, -0.2) is 0 Å². The van der Waals surface area contributed by atoms with E-state index in [9.17, 15) is 9.13 Å². The van der Waals surface area contributed by atoms with Gasteiger partial charge in [-0.1, -0.05) is 9.05 Å². The van der Waals surface area contributed by atoms with E-state index in [1.165, 1.54) is 28.1 Å². The summed E-state index contributed by atoms with van der Waals surface area (Å²) in [5.74, 6) is -1.27. The molecule has 0 aromatic rings. The molecule has 2 atom stereocenters. The highest BCUT2D eigenvalue weighted by atomic mass is 31.1. The largest absolute Gasteiger partial charge is 0.700 e. The Morgan fingerprint density at radius 3 is 1.46 bits per heavy atom. The maximum Gasteiger partial charge on any atom is 0.700 e. The van der Waals surface area contributed by atoms with Crippen molar-refractivity contribution in [2.24, 2.45) is 0 Å². The van der Waals surface area contributed by atoms with Crippen molar-refractivity contribution < 1.29 is 27.2 Å². The summed E-state index contributed by atoms with van der Waals surface area (Å²) in [6.07, 6.45) is 0. The Morgan fingerprint density at radius 2 is 1.23 bits per heavy atom. The molecule has 0 aromatic heterocycles. The van der Waals surface area contributed by atoms with E-state index >= 15 is 0 Å². The molecule has 0 amide bonds. The molecular weight excluding hydrogens is 218 g/mol. The topological polar surface area (TPSA) is 71.1 Å². The van der Waals surface area contributed by atoms with Crippen LogP contribution in [-0.4, -0.2) is 20.0 Å². The summed E-state index contributed by atoms with van der Waals surface area (Å²) < 4.78 is 39.8. The molecule has 0 aliphatic rings. The molecule has 0 aliphatic carbocycles. The molecule has 0 aromatic carbocycles. The van der Waals surface area contributed by atoms with Crippen LogP contribution in [0, 0.1) is 0 Å². The third kappa shape index (κ3) is 6.16. The highest BCUT2D eigenvalue weighted by molar-refractivity contribution is 7.34. The normalized spacial score (nSPS) is 14.2. The Labute approximate surface area is 78.4 Å². The summed E-state index contributed by atoms with van der Waals surface area (Å²) in [6, 6.07) is 0. The van der Waals surface area contributed by atoms with Crippen LogP contribution in [-0.2, 0) is 27.2 Å².